The molecule has 2 rings (SSSR count). The van der Waals surface area contributed by atoms with E-state index in [-0.39, 0.29) is 26.9 Å². The van der Waals surface area contributed by atoms with Crippen LogP contribution in [0.15, 0.2) is 35.2 Å². The van der Waals surface area contributed by atoms with Gasteiger partial charge >= 0.3 is 0 Å². The minimum absolute atomic E-state index is 0.0121. The Hall–Kier alpha value is -2.52. The van der Waals surface area contributed by atoms with E-state index in [0.29, 0.717) is 11.5 Å². The van der Waals surface area contributed by atoms with Crippen LogP contribution >= 0.6 is 11.6 Å². The van der Waals surface area contributed by atoms with Crippen LogP contribution < -0.4 is 14.2 Å². The van der Waals surface area contributed by atoms with Crippen LogP contribution in [0.3, 0.4) is 0 Å². The van der Waals surface area contributed by atoms with Crippen LogP contribution in [0.25, 0.3) is 0 Å². The second-order valence-corrected chi connectivity index (χ2v) is 7.07. The van der Waals surface area contributed by atoms with Gasteiger partial charge in [-0.15, -0.1) is 0 Å². The summed E-state index contributed by atoms with van der Waals surface area (Å²) >= 11 is 5.93. The number of nitro benzene ring substituents is 1. The van der Waals surface area contributed by atoms with E-state index in [4.69, 9.17) is 21.1 Å². The van der Waals surface area contributed by atoms with E-state index in [0.717, 1.165) is 12.1 Å². The molecule has 0 spiro atoms. The lowest BCUT2D eigenvalue weighted by Gasteiger charge is -2.12. The third-order valence-corrected chi connectivity index (χ3v) is 5.19. The predicted molar refractivity (Wildman–Crippen MR) is 93.2 cm³/mol. The number of ether oxygens (including phenoxy) is 2. The van der Waals surface area contributed by atoms with Crippen molar-refractivity contribution in [3.63, 3.8) is 0 Å². The third-order valence-electron chi connectivity index (χ3n) is 3.43. The van der Waals surface area contributed by atoms with E-state index in [9.17, 15) is 18.5 Å². The van der Waals surface area contributed by atoms with Gasteiger partial charge in [-0.3, -0.25) is 14.8 Å². The fourth-order valence-electron chi connectivity index (χ4n) is 2.10. The highest BCUT2D eigenvalue weighted by atomic mass is 35.5. The quantitative estimate of drug-likeness (QED) is 0.602. The Morgan fingerprint density at radius 3 is 2.32 bits per heavy atom. The maximum absolute atomic E-state index is 12.5. The topological polar surface area (TPSA) is 108 Å². The van der Waals surface area contributed by atoms with E-state index >= 15 is 0 Å². The van der Waals surface area contributed by atoms with Crippen LogP contribution in [0.1, 0.15) is 5.56 Å². The molecule has 0 saturated heterocycles. The van der Waals surface area contributed by atoms with Crippen molar-refractivity contribution < 1.29 is 22.8 Å². The first-order chi connectivity index (χ1) is 11.7. The molecule has 10 heteroatoms. The molecule has 1 N–H and O–H groups in total. The maximum atomic E-state index is 12.5. The van der Waals surface area contributed by atoms with Crippen molar-refractivity contribution in [3.05, 3.63) is 51.0 Å². The van der Waals surface area contributed by atoms with Gasteiger partial charge in [0.25, 0.3) is 15.7 Å². The molecule has 134 valence electrons. The van der Waals surface area contributed by atoms with Crippen molar-refractivity contribution in [2.24, 2.45) is 0 Å². The molecule has 0 radical (unpaired) electrons. The lowest BCUT2D eigenvalue weighted by atomic mass is 10.2. The van der Waals surface area contributed by atoms with Crippen molar-refractivity contribution in [2.75, 3.05) is 18.9 Å². The first-order valence-electron chi connectivity index (χ1n) is 6.89. The Labute approximate surface area is 149 Å². The number of nitrogens with zero attached hydrogens (tertiary/aromatic N) is 1. The standard InChI is InChI=1S/C15H15ClN2O6S/c1-9-12(16)7-11(8-13(9)18(19)20)25(21,22)17-10-4-5-14(23-2)15(6-10)24-3/h4-8,17H,1-3H3. The molecule has 2 aromatic rings. The molecule has 0 fully saturated rings. The molecule has 0 atom stereocenters. The fourth-order valence-corrected chi connectivity index (χ4v) is 3.47. The average molecular weight is 387 g/mol. The molecule has 0 amide bonds. The van der Waals surface area contributed by atoms with Gasteiger partial charge in [0.15, 0.2) is 11.5 Å². The van der Waals surface area contributed by atoms with Crippen LogP contribution in [-0.4, -0.2) is 27.6 Å². The van der Waals surface area contributed by atoms with Gasteiger partial charge < -0.3 is 9.47 Å². The minimum atomic E-state index is -4.09. The SMILES string of the molecule is COc1ccc(NS(=O)(=O)c2cc(Cl)c(C)c([N+](=O)[O-])c2)cc1OC. The molecule has 0 unspecified atom stereocenters. The second kappa shape index (κ2) is 7.16. The number of methoxy groups -OCH3 is 2. The van der Waals surface area contributed by atoms with Crippen molar-refractivity contribution in [3.8, 4) is 11.5 Å². The summed E-state index contributed by atoms with van der Waals surface area (Å²) in [6, 6.07) is 6.56. The number of benzene rings is 2. The van der Waals surface area contributed by atoms with Gasteiger partial charge in [0.2, 0.25) is 0 Å². The molecule has 0 heterocycles. The summed E-state index contributed by atoms with van der Waals surface area (Å²) in [7, 11) is -1.22. The highest BCUT2D eigenvalue weighted by molar-refractivity contribution is 7.92. The molecule has 0 aromatic heterocycles. The minimum Gasteiger partial charge on any atom is -0.493 e. The first-order valence-corrected chi connectivity index (χ1v) is 8.75. The smallest absolute Gasteiger partial charge is 0.275 e. The van der Waals surface area contributed by atoms with E-state index in [1.807, 2.05) is 0 Å². The van der Waals surface area contributed by atoms with E-state index in [1.165, 1.54) is 39.3 Å². The van der Waals surface area contributed by atoms with Crippen LogP contribution in [0, 0.1) is 17.0 Å². The first kappa shape index (κ1) is 18.8. The van der Waals surface area contributed by atoms with Gasteiger partial charge in [-0.25, -0.2) is 8.42 Å². The Bertz CT molecular complexity index is 930. The molecule has 0 aliphatic heterocycles. The summed E-state index contributed by atoms with van der Waals surface area (Å²) in [5.41, 5.74) is 0.0221. The Morgan fingerprint density at radius 1 is 1.12 bits per heavy atom. The average Bonchev–Trinajstić information content (AvgIpc) is 2.56. The maximum Gasteiger partial charge on any atom is 0.275 e. The number of rotatable bonds is 6. The predicted octanol–water partition coefficient (Wildman–Crippen LogP) is 3.37. The molecule has 25 heavy (non-hydrogen) atoms. The van der Waals surface area contributed by atoms with Crippen LogP contribution in [-0.2, 0) is 10.0 Å². The van der Waals surface area contributed by atoms with Gasteiger partial charge in [-0.05, 0) is 25.1 Å². The number of halogens is 1. The summed E-state index contributed by atoms with van der Waals surface area (Å²) in [4.78, 5) is 10.1. The van der Waals surface area contributed by atoms with E-state index in [1.54, 1.807) is 0 Å². The van der Waals surface area contributed by atoms with Crippen molar-refractivity contribution >= 4 is 33.0 Å². The van der Waals surface area contributed by atoms with Gasteiger partial charge in [-0.2, -0.15) is 0 Å². The lowest BCUT2D eigenvalue weighted by molar-refractivity contribution is -0.385. The monoisotopic (exact) mass is 386 g/mol. The zero-order valence-corrected chi connectivity index (χ0v) is 15.1. The Kier molecular flexibility index (Phi) is 5.39. The van der Waals surface area contributed by atoms with E-state index < -0.39 is 14.9 Å². The van der Waals surface area contributed by atoms with Gasteiger partial charge in [0, 0.05) is 17.7 Å². The second-order valence-electron chi connectivity index (χ2n) is 4.98. The molecular weight excluding hydrogens is 372 g/mol. The number of hydrogen-bond donors (Lipinski definition) is 1. The summed E-state index contributed by atoms with van der Waals surface area (Å²) in [6.07, 6.45) is 0. The van der Waals surface area contributed by atoms with Crippen molar-refractivity contribution in [1.29, 1.82) is 0 Å². The van der Waals surface area contributed by atoms with Gasteiger partial charge in [-0.1, -0.05) is 11.6 Å². The molecule has 0 bridgehead atoms. The number of anilines is 1. The van der Waals surface area contributed by atoms with Crippen LogP contribution in [0.2, 0.25) is 5.02 Å². The molecular formula is C15H15ClN2O6S. The zero-order chi connectivity index (χ0) is 18.8. The van der Waals surface area contributed by atoms with Crippen molar-refractivity contribution in [2.45, 2.75) is 11.8 Å². The number of nitrogens with one attached hydrogen (secondary N) is 1. The molecule has 0 saturated carbocycles. The number of hydrogen-bond acceptors (Lipinski definition) is 6. The Morgan fingerprint density at radius 2 is 1.76 bits per heavy atom. The lowest BCUT2D eigenvalue weighted by Crippen LogP contribution is -2.13. The summed E-state index contributed by atoms with van der Waals surface area (Å²) in [5.74, 6) is 0.759. The third kappa shape index (κ3) is 3.94. The highest BCUT2D eigenvalue weighted by Gasteiger charge is 2.23. The molecule has 0 aliphatic carbocycles. The largest absolute Gasteiger partial charge is 0.493 e. The molecule has 0 aliphatic rings. The molecule has 2 aromatic carbocycles. The summed E-state index contributed by atoms with van der Waals surface area (Å²) < 4.78 is 37.6. The van der Waals surface area contributed by atoms with Crippen molar-refractivity contribution in [1.82, 2.24) is 0 Å². The fraction of sp³-hybridized carbons (Fsp3) is 0.200. The van der Waals surface area contributed by atoms with Crippen LogP contribution in [0.5, 0.6) is 11.5 Å². The van der Waals surface area contributed by atoms with Crippen LogP contribution in [0.4, 0.5) is 11.4 Å². The number of nitro groups is 1. The number of sulfonamides is 1. The van der Waals surface area contributed by atoms with Gasteiger partial charge in [0.1, 0.15) is 0 Å². The summed E-state index contributed by atoms with van der Waals surface area (Å²) in [5, 5.41) is 11.1. The molecule has 8 nitrogen and oxygen atoms in total. The zero-order valence-electron chi connectivity index (χ0n) is 13.6. The Balaban J connectivity index is 2.45. The van der Waals surface area contributed by atoms with Gasteiger partial charge in [0.05, 0.1) is 34.7 Å². The van der Waals surface area contributed by atoms with E-state index in [2.05, 4.69) is 4.72 Å². The highest BCUT2D eigenvalue weighted by Crippen LogP contribution is 2.33. The normalized spacial score (nSPS) is 11.0. The summed E-state index contributed by atoms with van der Waals surface area (Å²) in [6.45, 7) is 1.44.